The third kappa shape index (κ3) is 2.47. The first-order chi connectivity index (χ1) is 8.93. The average Bonchev–Trinajstić information content (AvgIpc) is 3.05. The molecule has 1 N–H and O–H groups in total. The number of imidazole rings is 1. The number of alkyl halides is 3. The van der Waals surface area contributed by atoms with Crippen LogP contribution in [-0.4, -0.2) is 9.97 Å². The van der Waals surface area contributed by atoms with Crippen molar-refractivity contribution in [2.45, 2.75) is 24.9 Å². The van der Waals surface area contributed by atoms with Crippen molar-refractivity contribution in [3.8, 4) is 11.4 Å². The highest BCUT2D eigenvalue weighted by atomic mass is 19.4. The predicted octanol–water partition coefficient (Wildman–Crippen LogP) is 4.11. The molecule has 0 atom stereocenters. The molecule has 1 aliphatic rings. The molecule has 0 aliphatic heterocycles. The zero-order valence-electron chi connectivity index (χ0n) is 9.76. The lowest BCUT2D eigenvalue weighted by molar-refractivity contribution is -0.137. The van der Waals surface area contributed by atoms with E-state index in [9.17, 15) is 17.6 Å². The lowest BCUT2D eigenvalue weighted by Crippen LogP contribution is -2.05. The monoisotopic (exact) mass is 270 g/mol. The Bertz CT molecular complexity index is 611. The molecule has 1 aromatic heterocycles. The summed E-state index contributed by atoms with van der Waals surface area (Å²) in [5, 5.41) is 0. The van der Waals surface area contributed by atoms with Gasteiger partial charge in [-0.25, -0.2) is 9.37 Å². The second kappa shape index (κ2) is 4.08. The highest BCUT2D eigenvalue weighted by Gasteiger charge is 2.32. The summed E-state index contributed by atoms with van der Waals surface area (Å²) in [6.45, 7) is 0. The Morgan fingerprint density at radius 1 is 1.16 bits per heavy atom. The number of rotatable bonds is 2. The van der Waals surface area contributed by atoms with E-state index in [0.29, 0.717) is 12.0 Å². The Kier molecular flexibility index (Phi) is 2.62. The average molecular weight is 270 g/mol. The van der Waals surface area contributed by atoms with Gasteiger partial charge in [-0.3, -0.25) is 0 Å². The van der Waals surface area contributed by atoms with Crippen LogP contribution in [0.5, 0.6) is 0 Å². The van der Waals surface area contributed by atoms with E-state index in [-0.39, 0.29) is 11.4 Å². The van der Waals surface area contributed by atoms with Crippen molar-refractivity contribution in [2.24, 2.45) is 0 Å². The van der Waals surface area contributed by atoms with Crippen LogP contribution in [0, 0.1) is 5.82 Å². The molecule has 0 bridgehead atoms. The minimum Gasteiger partial charge on any atom is -0.342 e. The molecular formula is C13H10F4N2. The molecule has 0 radical (unpaired) electrons. The zero-order valence-corrected chi connectivity index (χ0v) is 9.76. The van der Waals surface area contributed by atoms with Crippen LogP contribution in [0.2, 0.25) is 0 Å². The molecule has 1 heterocycles. The molecule has 0 amide bonds. The Balaban J connectivity index is 2.01. The fraction of sp³-hybridized carbons (Fsp3) is 0.308. The van der Waals surface area contributed by atoms with Gasteiger partial charge in [0.2, 0.25) is 0 Å². The van der Waals surface area contributed by atoms with Gasteiger partial charge in [-0.15, -0.1) is 0 Å². The molecule has 0 unspecified atom stereocenters. The van der Waals surface area contributed by atoms with Gasteiger partial charge in [0.15, 0.2) is 0 Å². The van der Waals surface area contributed by atoms with E-state index in [1.54, 1.807) is 6.20 Å². The minimum absolute atomic E-state index is 0.110. The minimum atomic E-state index is -4.57. The van der Waals surface area contributed by atoms with Gasteiger partial charge in [-0.1, -0.05) is 0 Å². The summed E-state index contributed by atoms with van der Waals surface area (Å²) in [5.41, 5.74) is -0.00100. The van der Waals surface area contributed by atoms with Crippen LogP contribution in [0.3, 0.4) is 0 Å². The summed E-state index contributed by atoms with van der Waals surface area (Å²) >= 11 is 0. The second-order valence-corrected chi connectivity index (χ2v) is 4.69. The van der Waals surface area contributed by atoms with E-state index in [0.717, 1.165) is 30.7 Å². The number of nitrogens with one attached hydrogen (secondary N) is 1. The molecule has 100 valence electrons. The van der Waals surface area contributed by atoms with Crippen molar-refractivity contribution in [2.75, 3.05) is 0 Å². The lowest BCUT2D eigenvalue weighted by atomic mass is 10.1. The van der Waals surface area contributed by atoms with Crippen molar-refractivity contribution in [1.82, 2.24) is 9.97 Å². The first-order valence-electron chi connectivity index (χ1n) is 5.86. The van der Waals surface area contributed by atoms with Crippen LogP contribution in [0.4, 0.5) is 17.6 Å². The summed E-state index contributed by atoms with van der Waals surface area (Å²) in [6.07, 6.45) is -0.856. The zero-order chi connectivity index (χ0) is 13.6. The number of aromatic nitrogens is 2. The first kappa shape index (κ1) is 12.2. The number of benzene rings is 1. The summed E-state index contributed by atoms with van der Waals surface area (Å²) in [6, 6.07) is 2.43. The van der Waals surface area contributed by atoms with E-state index in [2.05, 4.69) is 9.97 Å². The van der Waals surface area contributed by atoms with E-state index >= 15 is 0 Å². The normalized spacial score (nSPS) is 15.8. The van der Waals surface area contributed by atoms with Crippen molar-refractivity contribution in [3.63, 3.8) is 0 Å². The van der Waals surface area contributed by atoms with Gasteiger partial charge in [-0.2, -0.15) is 13.2 Å². The standard InChI is InChI=1S/C13H10F4N2/c14-10-4-8(3-9(5-10)13(15,16)17)12-18-6-11(19-12)7-1-2-7/h3-7H,1-2H2,(H,18,19). The third-order valence-electron chi connectivity index (χ3n) is 3.11. The molecule has 3 rings (SSSR count). The number of hydrogen-bond donors (Lipinski definition) is 1. The van der Waals surface area contributed by atoms with Crippen LogP contribution in [0.1, 0.15) is 30.0 Å². The number of H-pyrrole nitrogens is 1. The maximum Gasteiger partial charge on any atom is 0.416 e. The number of halogens is 4. The fourth-order valence-corrected chi connectivity index (χ4v) is 1.97. The smallest absolute Gasteiger partial charge is 0.342 e. The molecule has 1 fully saturated rings. The van der Waals surface area contributed by atoms with Crippen LogP contribution < -0.4 is 0 Å². The number of hydrogen-bond acceptors (Lipinski definition) is 1. The van der Waals surface area contributed by atoms with Gasteiger partial charge in [0, 0.05) is 23.4 Å². The first-order valence-corrected chi connectivity index (χ1v) is 5.86. The Morgan fingerprint density at radius 3 is 2.53 bits per heavy atom. The van der Waals surface area contributed by atoms with E-state index < -0.39 is 17.6 Å². The SMILES string of the molecule is Fc1cc(-c2ncc(C3CC3)[nH]2)cc(C(F)(F)F)c1. The topological polar surface area (TPSA) is 28.7 Å². The molecule has 1 aromatic carbocycles. The molecule has 0 spiro atoms. The lowest BCUT2D eigenvalue weighted by Gasteiger charge is -2.08. The molecular weight excluding hydrogens is 260 g/mol. The van der Waals surface area contributed by atoms with E-state index in [4.69, 9.17) is 0 Å². The van der Waals surface area contributed by atoms with Gasteiger partial charge in [0.25, 0.3) is 0 Å². The number of aromatic amines is 1. The summed E-state index contributed by atoms with van der Waals surface area (Å²) < 4.78 is 51.1. The Morgan fingerprint density at radius 2 is 1.89 bits per heavy atom. The molecule has 1 aliphatic carbocycles. The fourth-order valence-electron chi connectivity index (χ4n) is 1.97. The Labute approximate surface area is 106 Å². The summed E-state index contributed by atoms with van der Waals surface area (Å²) in [4.78, 5) is 6.97. The molecule has 2 aromatic rings. The van der Waals surface area contributed by atoms with Crippen LogP contribution in [0.25, 0.3) is 11.4 Å². The van der Waals surface area contributed by atoms with Crippen LogP contribution >= 0.6 is 0 Å². The molecule has 6 heteroatoms. The maximum atomic E-state index is 13.3. The molecule has 1 saturated carbocycles. The van der Waals surface area contributed by atoms with Crippen molar-refractivity contribution < 1.29 is 17.6 Å². The summed E-state index contributed by atoms with van der Waals surface area (Å²) in [7, 11) is 0. The van der Waals surface area contributed by atoms with Crippen molar-refractivity contribution in [3.05, 3.63) is 41.5 Å². The Hall–Kier alpha value is -1.85. The summed E-state index contributed by atoms with van der Waals surface area (Å²) in [5.74, 6) is -0.238. The highest BCUT2D eigenvalue weighted by molar-refractivity contribution is 5.57. The predicted molar refractivity (Wildman–Crippen MR) is 61.0 cm³/mol. The highest BCUT2D eigenvalue weighted by Crippen LogP contribution is 2.40. The van der Waals surface area contributed by atoms with E-state index in [1.165, 1.54) is 0 Å². The van der Waals surface area contributed by atoms with Gasteiger partial charge in [-0.05, 0) is 31.0 Å². The maximum absolute atomic E-state index is 13.3. The van der Waals surface area contributed by atoms with Gasteiger partial charge < -0.3 is 4.98 Å². The second-order valence-electron chi connectivity index (χ2n) is 4.69. The van der Waals surface area contributed by atoms with E-state index in [1.807, 2.05) is 0 Å². The van der Waals surface area contributed by atoms with Crippen molar-refractivity contribution in [1.29, 1.82) is 0 Å². The number of nitrogens with zero attached hydrogens (tertiary/aromatic N) is 1. The van der Waals surface area contributed by atoms with Gasteiger partial charge >= 0.3 is 6.18 Å². The third-order valence-corrected chi connectivity index (χ3v) is 3.11. The quantitative estimate of drug-likeness (QED) is 0.817. The van der Waals surface area contributed by atoms with Gasteiger partial charge in [0.1, 0.15) is 11.6 Å². The van der Waals surface area contributed by atoms with Gasteiger partial charge in [0.05, 0.1) is 5.56 Å². The molecule has 19 heavy (non-hydrogen) atoms. The van der Waals surface area contributed by atoms with Crippen LogP contribution in [0.15, 0.2) is 24.4 Å². The van der Waals surface area contributed by atoms with Crippen molar-refractivity contribution >= 4 is 0 Å². The molecule has 0 saturated heterocycles. The largest absolute Gasteiger partial charge is 0.416 e. The molecule has 2 nitrogen and oxygen atoms in total. The van der Waals surface area contributed by atoms with Crippen LogP contribution in [-0.2, 0) is 6.18 Å².